The Bertz CT molecular complexity index is 874. The molecule has 152 valence electrons. The fourth-order valence-corrected chi connectivity index (χ4v) is 5.27. The molecule has 4 heterocycles. The van der Waals surface area contributed by atoms with Gasteiger partial charge >= 0.3 is 5.97 Å². The van der Waals surface area contributed by atoms with Gasteiger partial charge < -0.3 is 30.9 Å². The van der Waals surface area contributed by atoms with Crippen molar-refractivity contribution in [2.45, 2.75) is 24.9 Å². The van der Waals surface area contributed by atoms with Crippen molar-refractivity contribution in [2.24, 2.45) is 5.92 Å². The first-order chi connectivity index (χ1) is 13.7. The molecule has 3 fully saturated rings. The highest BCUT2D eigenvalue weighted by atomic mass is 79.9. The molecule has 0 spiro atoms. The Hall–Kier alpha value is -2.11. The summed E-state index contributed by atoms with van der Waals surface area (Å²) >= 11 is 0. The summed E-state index contributed by atoms with van der Waals surface area (Å²) in [6, 6.07) is 15.6. The number of quaternary nitrogens is 1. The number of hydrogen-bond acceptors (Lipinski definition) is 3. The summed E-state index contributed by atoms with van der Waals surface area (Å²) in [6.45, 7) is 8.16. The maximum Gasteiger partial charge on any atom is 0.318 e. The first-order valence-corrected chi connectivity index (χ1v) is 10.2. The van der Waals surface area contributed by atoms with E-state index in [1.54, 1.807) is 0 Å². The quantitative estimate of drug-likeness (QED) is 0.395. The van der Waals surface area contributed by atoms with Gasteiger partial charge in [-0.3, -0.25) is 4.79 Å². The lowest BCUT2D eigenvalue weighted by atomic mass is 9.82. The molecule has 2 aromatic rings. The predicted molar refractivity (Wildman–Crippen MR) is 107 cm³/mol. The molecule has 4 aliphatic rings. The minimum atomic E-state index is -0.426. The van der Waals surface area contributed by atoms with E-state index in [2.05, 4.69) is 6.58 Å². The molecule has 0 amide bonds. The van der Waals surface area contributed by atoms with Crippen LogP contribution < -0.4 is 21.7 Å². The Morgan fingerprint density at radius 1 is 1.07 bits per heavy atom. The summed E-state index contributed by atoms with van der Waals surface area (Å²) in [5.41, 5.74) is 1.78. The summed E-state index contributed by atoms with van der Waals surface area (Å²) in [7, 11) is 0. The molecule has 0 radical (unpaired) electrons. The van der Waals surface area contributed by atoms with Gasteiger partial charge in [0, 0.05) is 29.9 Å². The number of nitrogens with zero attached hydrogens (tertiary/aromatic N) is 1. The second-order valence-electron chi connectivity index (χ2n) is 8.37. The van der Waals surface area contributed by atoms with Crippen LogP contribution in [0.3, 0.4) is 0 Å². The lowest BCUT2D eigenvalue weighted by Gasteiger charge is -2.51. The normalized spacial score (nSPS) is 27.0. The lowest BCUT2D eigenvalue weighted by Crippen LogP contribution is -3.00. The van der Waals surface area contributed by atoms with E-state index in [4.69, 9.17) is 9.47 Å². The molecule has 4 aliphatic heterocycles. The van der Waals surface area contributed by atoms with Gasteiger partial charge in [-0.2, -0.15) is 0 Å². The molecule has 2 aromatic carbocycles. The molecule has 5 heteroatoms. The van der Waals surface area contributed by atoms with Gasteiger partial charge in [-0.05, 0) is 18.2 Å². The van der Waals surface area contributed by atoms with Crippen molar-refractivity contribution in [3.8, 4) is 11.5 Å². The number of benzene rings is 2. The number of carbonyl (C=O) groups excluding carboxylic acids is 1. The highest BCUT2D eigenvalue weighted by molar-refractivity contribution is 5.85. The number of esters is 1. The lowest BCUT2D eigenvalue weighted by molar-refractivity contribution is -0.941. The van der Waals surface area contributed by atoms with Crippen molar-refractivity contribution in [3.05, 3.63) is 72.3 Å². The Balaban J connectivity index is 0.00000205. The SMILES string of the molecule is C=CC[N+]12CCC(CC1)[C@@H](OC(=O)C1c3ccccc3Oc3ccccc31)C2.[Br-]. The van der Waals surface area contributed by atoms with Gasteiger partial charge in [0.05, 0.1) is 19.6 Å². The zero-order chi connectivity index (χ0) is 19.1. The third-order valence-corrected chi connectivity index (χ3v) is 6.74. The topological polar surface area (TPSA) is 35.5 Å². The average Bonchev–Trinajstić information content (AvgIpc) is 2.72. The molecular formula is C24H26BrNO3. The second-order valence-corrected chi connectivity index (χ2v) is 8.37. The van der Waals surface area contributed by atoms with Crippen molar-refractivity contribution in [1.82, 2.24) is 0 Å². The van der Waals surface area contributed by atoms with Crippen LogP contribution in [-0.4, -0.2) is 42.7 Å². The van der Waals surface area contributed by atoms with Crippen LogP contribution in [0, 0.1) is 5.92 Å². The van der Waals surface area contributed by atoms with E-state index in [0.717, 1.165) is 53.0 Å². The number of halogens is 1. The first-order valence-electron chi connectivity index (χ1n) is 10.2. The van der Waals surface area contributed by atoms with Gasteiger partial charge in [-0.15, -0.1) is 0 Å². The molecule has 3 saturated heterocycles. The Morgan fingerprint density at radius 3 is 2.24 bits per heavy atom. The molecule has 29 heavy (non-hydrogen) atoms. The van der Waals surface area contributed by atoms with Crippen LogP contribution in [0.1, 0.15) is 29.9 Å². The number of rotatable bonds is 4. The molecule has 0 unspecified atom stereocenters. The second kappa shape index (κ2) is 7.96. The summed E-state index contributed by atoms with van der Waals surface area (Å²) < 4.78 is 13.2. The van der Waals surface area contributed by atoms with Crippen LogP contribution in [-0.2, 0) is 9.53 Å². The van der Waals surface area contributed by atoms with Crippen LogP contribution in [0.5, 0.6) is 11.5 Å². The third-order valence-electron chi connectivity index (χ3n) is 6.74. The summed E-state index contributed by atoms with van der Waals surface area (Å²) in [6.07, 6.45) is 4.27. The molecule has 1 atom stereocenters. The van der Waals surface area contributed by atoms with Crippen LogP contribution in [0.4, 0.5) is 0 Å². The van der Waals surface area contributed by atoms with Gasteiger partial charge in [0.1, 0.15) is 24.0 Å². The van der Waals surface area contributed by atoms with Crippen LogP contribution in [0.15, 0.2) is 61.2 Å². The van der Waals surface area contributed by atoms with Gasteiger partial charge in [0.25, 0.3) is 0 Å². The van der Waals surface area contributed by atoms with E-state index in [0.29, 0.717) is 5.92 Å². The van der Waals surface area contributed by atoms with E-state index in [-0.39, 0.29) is 29.1 Å². The van der Waals surface area contributed by atoms with Gasteiger partial charge in [0.15, 0.2) is 6.10 Å². The van der Waals surface area contributed by atoms with E-state index >= 15 is 0 Å². The zero-order valence-corrected chi connectivity index (χ0v) is 18.0. The van der Waals surface area contributed by atoms with Crippen molar-refractivity contribution in [3.63, 3.8) is 0 Å². The largest absolute Gasteiger partial charge is 1.00 e. The fourth-order valence-electron chi connectivity index (χ4n) is 5.27. The van der Waals surface area contributed by atoms with Crippen LogP contribution >= 0.6 is 0 Å². The summed E-state index contributed by atoms with van der Waals surface area (Å²) in [4.78, 5) is 13.4. The fraction of sp³-hybridized carbons (Fsp3) is 0.375. The van der Waals surface area contributed by atoms with E-state index < -0.39 is 5.92 Å². The zero-order valence-electron chi connectivity index (χ0n) is 16.4. The Morgan fingerprint density at radius 2 is 1.66 bits per heavy atom. The molecular weight excluding hydrogens is 430 g/mol. The molecule has 0 saturated carbocycles. The van der Waals surface area contributed by atoms with Gasteiger partial charge in [0.2, 0.25) is 0 Å². The average molecular weight is 456 g/mol. The highest BCUT2D eigenvalue weighted by Gasteiger charge is 2.48. The van der Waals surface area contributed by atoms with Gasteiger partial charge in [-0.25, -0.2) is 0 Å². The molecule has 0 N–H and O–H groups in total. The number of ether oxygens (including phenoxy) is 2. The Labute approximate surface area is 182 Å². The molecule has 4 nitrogen and oxygen atoms in total. The van der Waals surface area contributed by atoms with Gasteiger partial charge in [-0.1, -0.05) is 43.0 Å². The van der Waals surface area contributed by atoms with E-state index in [1.165, 1.54) is 13.1 Å². The number of fused-ring (bicyclic) bond motifs is 5. The van der Waals surface area contributed by atoms with E-state index in [9.17, 15) is 4.79 Å². The van der Waals surface area contributed by atoms with Crippen molar-refractivity contribution in [2.75, 3.05) is 26.2 Å². The number of carbonyl (C=O) groups is 1. The maximum absolute atomic E-state index is 13.4. The molecule has 6 rings (SSSR count). The number of piperidine rings is 3. The monoisotopic (exact) mass is 455 g/mol. The smallest absolute Gasteiger partial charge is 0.318 e. The van der Waals surface area contributed by atoms with E-state index in [1.807, 2.05) is 54.6 Å². The summed E-state index contributed by atoms with van der Waals surface area (Å²) in [5, 5.41) is 0. The standard InChI is InChI=1S/C24H26NO3.BrH/c1-2-13-25-14-11-17(12-15-25)22(16-25)28-24(26)23-18-7-3-5-9-20(18)27-21-10-6-4-8-19(21)23;/h2-10,17,22-23H,1,11-16H2;1H/q+1;/p-1/t17?,22-,25?;/m0./s1. The summed E-state index contributed by atoms with van der Waals surface area (Å²) in [5.74, 6) is 1.39. The molecule has 0 aromatic heterocycles. The van der Waals surface area contributed by atoms with Crippen LogP contribution in [0.2, 0.25) is 0 Å². The minimum Gasteiger partial charge on any atom is -1.00 e. The third kappa shape index (κ3) is 3.51. The maximum atomic E-state index is 13.4. The first kappa shape index (κ1) is 20.2. The Kier molecular flexibility index (Phi) is 5.54. The minimum absolute atomic E-state index is 0. The van der Waals surface area contributed by atoms with Crippen molar-refractivity contribution < 1.29 is 35.7 Å². The van der Waals surface area contributed by atoms with Crippen LogP contribution in [0.25, 0.3) is 0 Å². The molecule has 0 aliphatic carbocycles. The van der Waals surface area contributed by atoms with Crippen molar-refractivity contribution in [1.29, 1.82) is 0 Å². The number of para-hydroxylation sites is 2. The highest BCUT2D eigenvalue weighted by Crippen LogP contribution is 2.45. The van der Waals surface area contributed by atoms with Crippen molar-refractivity contribution >= 4 is 5.97 Å². The molecule has 2 bridgehead atoms. The number of hydrogen-bond donors (Lipinski definition) is 0. The predicted octanol–water partition coefficient (Wildman–Crippen LogP) is 1.27.